The molecule has 0 spiro atoms. The molecule has 1 N–H and O–H groups in total. The van der Waals surface area contributed by atoms with Gasteiger partial charge in [-0.1, -0.05) is 18.2 Å². The fourth-order valence-electron chi connectivity index (χ4n) is 2.90. The standard InChI is InChI=1S/C16H19N3O/c1-11-15(12(2)18-17-11)16(20)19-10-6-5-8-13-7-3-4-9-14(13)19/h3-4,7,9H,5-6,8,10H2,1-2H3,(H,17,18). The van der Waals surface area contributed by atoms with Gasteiger partial charge in [-0.25, -0.2) is 0 Å². The van der Waals surface area contributed by atoms with Gasteiger partial charge in [0.15, 0.2) is 0 Å². The fraction of sp³-hybridized carbons (Fsp3) is 0.375. The Hall–Kier alpha value is -2.10. The van der Waals surface area contributed by atoms with Crippen LogP contribution in [-0.4, -0.2) is 22.6 Å². The lowest BCUT2D eigenvalue weighted by Crippen LogP contribution is -2.32. The van der Waals surface area contributed by atoms with E-state index in [9.17, 15) is 4.79 Å². The Morgan fingerprint density at radius 1 is 1.25 bits per heavy atom. The van der Waals surface area contributed by atoms with Crippen molar-refractivity contribution >= 4 is 11.6 Å². The number of hydrogen-bond acceptors (Lipinski definition) is 2. The topological polar surface area (TPSA) is 49.0 Å². The molecule has 1 aliphatic heterocycles. The molecule has 2 heterocycles. The number of para-hydroxylation sites is 1. The van der Waals surface area contributed by atoms with Crippen LogP contribution in [0.25, 0.3) is 0 Å². The first-order chi connectivity index (χ1) is 9.68. The smallest absolute Gasteiger partial charge is 0.262 e. The van der Waals surface area contributed by atoms with Crippen LogP contribution in [-0.2, 0) is 6.42 Å². The Kier molecular flexibility index (Phi) is 3.30. The molecule has 20 heavy (non-hydrogen) atoms. The van der Waals surface area contributed by atoms with Crippen molar-refractivity contribution < 1.29 is 4.79 Å². The molecule has 1 aromatic carbocycles. The van der Waals surface area contributed by atoms with E-state index >= 15 is 0 Å². The van der Waals surface area contributed by atoms with Crippen molar-refractivity contribution in [2.75, 3.05) is 11.4 Å². The number of hydrogen-bond donors (Lipinski definition) is 1. The third-order valence-corrected chi connectivity index (χ3v) is 3.95. The first-order valence-electron chi connectivity index (χ1n) is 7.10. The Labute approximate surface area is 118 Å². The van der Waals surface area contributed by atoms with E-state index in [4.69, 9.17) is 0 Å². The van der Waals surface area contributed by atoms with Gasteiger partial charge in [0, 0.05) is 17.9 Å². The number of carbonyl (C=O) groups is 1. The van der Waals surface area contributed by atoms with Crippen LogP contribution >= 0.6 is 0 Å². The van der Waals surface area contributed by atoms with Gasteiger partial charge in [0.2, 0.25) is 0 Å². The van der Waals surface area contributed by atoms with Gasteiger partial charge in [-0.3, -0.25) is 9.89 Å². The lowest BCUT2D eigenvalue weighted by molar-refractivity contribution is 0.0986. The molecule has 1 aliphatic rings. The summed E-state index contributed by atoms with van der Waals surface area (Å²) in [6.07, 6.45) is 3.21. The van der Waals surface area contributed by atoms with E-state index in [1.165, 1.54) is 5.56 Å². The predicted octanol–water partition coefficient (Wildman–Crippen LogP) is 3.01. The second kappa shape index (κ2) is 5.12. The molecule has 0 fully saturated rings. The van der Waals surface area contributed by atoms with E-state index in [2.05, 4.69) is 16.3 Å². The quantitative estimate of drug-likeness (QED) is 0.865. The third-order valence-electron chi connectivity index (χ3n) is 3.95. The molecule has 0 atom stereocenters. The number of carbonyl (C=O) groups excluding carboxylic acids is 1. The molecule has 1 amide bonds. The summed E-state index contributed by atoms with van der Waals surface area (Å²) in [5.74, 6) is 0.0584. The number of benzene rings is 1. The van der Waals surface area contributed by atoms with Gasteiger partial charge in [-0.15, -0.1) is 0 Å². The second-order valence-electron chi connectivity index (χ2n) is 5.35. The lowest BCUT2D eigenvalue weighted by Gasteiger charge is -2.23. The summed E-state index contributed by atoms with van der Waals surface area (Å²) in [4.78, 5) is 14.8. The van der Waals surface area contributed by atoms with Crippen LogP contribution in [0.5, 0.6) is 0 Å². The van der Waals surface area contributed by atoms with E-state index in [1.54, 1.807) is 0 Å². The van der Waals surface area contributed by atoms with Gasteiger partial charge in [-0.05, 0) is 44.7 Å². The highest BCUT2D eigenvalue weighted by molar-refractivity contribution is 6.08. The molecule has 2 aromatic rings. The monoisotopic (exact) mass is 269 g/mol. The Morgan fingerprint density at radius 2 is 2.05 bits per heavy atom. The first-order valence-corrected chi connectivity index (χ1v) is 7.10. The number of rotatable bonds is 1. The van der Waals surface area contributed by atoms with Gasteiger partial charge in [0.1, 0.15) is 0 Å². The van der Waals surface area contributed by atoms with E-state index in [-0.39, 0.29) is 5.91 Å². The minimum Gasteiger partial charge on any atom is -0.308 e. The zero-order chi connectivity index (χ0) is 14.1. The number of aromatic nitrogens is 2. The number of fused-ring (bicyclic) bond motifs is 1. The van der Waals surface area contributed by atoms with E-state index < -0.39 is 0 Å². The Balaban J connectivity index is 2.04. The van der Waals surface area contributed by atoms with Crippen LogP contribution in [0.4, 0.5) is 5.69 Å². The molecule has 0 saturated carbocycles. The maximum atomic E-state index is 12.9. The highest BCUT2D eigenvalue weighted by Gasteiger charge is 2.25. The molecule has 4 nitrogen and oxygen atoms in total. The molecule has 4 heteroatoms. The minimum atomic E-state index is 0.0584. The molecular formula is C16H19N3O. The summed E-state index contributed by atoms with van der Waals surface area (Å²) in [6.45, 7) is 4.55. The average Bonchev–Trinajstić information content (AvgIpc) is 2.67. The number of aryl methyl sites for hydroxylation is 3. The zero-order valence-electron chi connectivity index (χ0n) is 11.9. The van der Waals surface area contributed by atoms with Crippen molar-refractivity contribution in [3.05, 3.63) is 46.8 Å². The van der Waals surface area contributed by atoms with Crippen LogP contribution in [0, 0.1) is 13.8 Å². The average molecular weight is 269 g/mol. The summed E-state index contributed by atoms with van der Waals surface area (Å²) in [6, 6.07) is 8.21. The van der Waals surface area contributed by atoms with Crippen LogP contribution in [0.3, 0.4) is 0 Å². The summed E-state index contributed by atoms with van der Waals surface area (Å²) < 4.78 is 0. The van der Waals surface area contributed by atoms with E-state index in [1.807, 2.05) is 36.9 Å². The minimum absolute atomic E-state index is 0.0584. The number of H-pyrrole nitrogens is 1. The van der Waals surface area contributed by atoms with Crippen molar-refractivity contribution in [1.29, 1.82) is 0 Å². The van der Waals surface area contributed by atoms with Gasteiger partial charge >= 0.3 is 0 Å². The van der Waals surface area contributed by atoms with Crippen molar-refractivity contribution in [2.24, 2.45) is 0 Å². The van der Waals surface area contributed by atoms with E-state index in [0.717, 1.165) is 42.9 Å². The normalized spacial score (nSPS) is 14.8. The largest absolute Gasteiger partial charge is 0.308 e. The molecule has 1 aromatic heterocycles. The first kappa shape index (κ1) is 12.9. The molecule has 0 unspecified atom stereocenters. The van der Waals surface area contributed by atoms with Crippen LogP contribution < -0.4 is 4.90 Å². The molecule has 0 aliphatic carbocycles. The number of aromatic amines is 1. The van der Waals surface area contributed by atoms with Crippen molar-refractivity contribution in [3.8, 4) is 0 Å². The Bertz CT molecular complexity index is 625. The van der Waals surface area contributed by atoms with Gasteiger partial charge in [0.25, 0.3) is 5.91 Å². The number of anilines is 1. The van der Waals surface area contributed by atoms with Crippen molar-refractivity contribution in [2.45, 2.75) is 33.1 Å². The van der Waals surface area contributed by atoms with Crippen LogP contribution in [0.2, 0.25) is 0 Å². The molecule has 104 valence electrons. The van der Waals surface area contributed by atoms with Gasteiger partial charge in [-0.2, -0.15) is 5.10 Å². The fourth-order valence-corrected chi connectivity index (χ4v) is 2.90. The van der Waals surface area contributed by atoms with E-state index in [0.29, 0.717) is 5.56 Å². The maximum absolute atomic E-state index is 12.9. The maximum Gasteiger partial charge on any atom is 0.262 e. The number of nitrogens with one attached hydrogen (secondary N) is 1. The summed E-state index contributed by atoms with van der Waals surface area (Å²) in [5.41, 5.74) is 4.64. The zero-order valence-corrected chi connectivity index (χ0v) is 11.9. The summed E-state index contributed by atoms with van der Waals surface area (Å²) in [7, 11) is 0. The summed E-state index contributed by atoms with van der Waals surface area (Å²) >= 11 is 0. The molecule has 0 bridgehead atoms. The van der Waals surface area contributed by atoms with Crippen molar-refractivity contribution in [3.63, 3.8) is 0 Å². The van der Waals surface area contributed by atoms with Crippen LogP contribution in [0.1, 0.15) is 40.2 Å². The van der Waals surface area contributed by atoms with Crippen LogP contribution in [0.15, 0.2) is 24.3 Å². The molecular weight excluding hydrogens is 250 g/mol. The SMILES string of the molecule is Cc1n[nH]c(C)c1C(=O)N1CCCCc2ccccc21. The lowest BCUT2D eigenvalue weighted by atomic mass is 10.1. The van der Waals surface area contributed by atoms with Gasteiger partial charge < -0.3 is 4.90 Å². The number of amides is 1. The van der Waals surface area contributed by atoms with Gasteiger partial charge in [0.05, 0.1) is 11.3 Å². The third kappa shape index (κ3) is 2.11. The molecule has 0 radical (unpaired) electrons. The molecule has 0 saturated heterocycles. The summed E-state index contributed by atoms with van der Waals surface area (Å²) in [5, 5.41) is 7.04. The number of nitrogens with zero attached hydrogens (tertiary/aromatic N) is 2. The van der Waals surface area contributed by atoms with Crippen molar-refractivity contribution in [1.82, 2.24) is 10.2 Å². The highest BCUT2D eigenvalue weighted by Crippen LogP contribution is 2.28. The second-order valence-corrected chi connectivity index (χ2v) is 5.35. The molecule has 3 rings (SSSR count). The highest BCUT2D eigenvalue weighted by atomic mass is 16.2. The predicted molar refractivity (Wildman–Crippen MR) is 79.1 cm³/mol. The Morgan fingerprint density at radius 3 is 2.80 bits per heavy atom.